The Morgan fingerprint density at radius 1 is 1.21 bits per heavy atom. The van der Waals surface area contributed by atoms with Crippen molar-refractivity contribution >= 4 is 23.4 Å². The Kier molecular flexibility index (Phi) is 5.02. The van der Waals surface area contributed by atoms with E-state index in [-0.39, 0.29) is 11.8 Å². The first kappa shape index (κ1) is 16.0. The molecule has 1 heterocycles. The molecule has 1 aliphatic rings. The molecule has 1 N–H and O–H groups in total. The van der Waals surface area contributed by atoms with Gasteiger partial charge in [-0.1, -0.05) is 38.4 Å². The molecule has 1 fully saturated rings. The molecule has 1 saturated heterocycles. The predicted octanol–water partition coefficient (Wildman–Crippen LogP) is 2.42. The first-order valence-corrected chi connectivity index (χ1v) is 7.25. The molecule has 19 heavy (non-hydrogen) atoms. The van der Waals surface area contributed by atoms with Gasteiger partial charge in [-0.2, -0.15) is 0 Å². The highest BCUT2D eigenvalue weighted by atomic mass is 35.5. The summed E-state index contributed by atoms with van der Waals surface area (Å²) in [5.41, 5.74) is -0.188. The number of halogens is 1. The standard InChI is InChI=1S/C14H23ClN2O2/c1-5-13(4)12(19)17(10-8-9-15)14(6-2,7-3)11(18)16-13/h8-9H,5-7,10H2,1-4H3,(H,16,18)/b9-8+. The highest BCUT2D eigenvalue weighted by Crippen LogP contribution is 2.33. The third-order valence-electron chi connectivity index (χ3n) is 4.30. The van der Waals surface area contributed by atoms with Gasteiger partial charge >= 0.3 is 0 Å². The minimum atomic E-state index is -0.814. The number of piperazine rings is 1. The lowest BCUT2D eigenvalue weighted by Gasteiger charge is -2.51. The minimum Gasteiger partial charge on any atom is -0.340 e. The first-order chi connectivity index (χ1) is 8.91. The van der Waals surface area contributed by atoms with Gasteiger partial charge in [0.15, 0.2) is 0 Å². The van der Waals surface area contributed by atoms with Crippen molar-refractivity contribution in [3.8, 4) is 0 Å². The van der Waals surface area contributed by atoms with Crippen LogP contribution in [0.5, 0.6) is 0 Å². The number of nitrogens with one attached hydrogen (secondary N) is 1. The SMILES string of the molecule is CCC1(C)NC(=O)C(CC)(CC)N(C/C=C/Cl)C1=O. The van der Waals surface area contributed by atoms with Crippen LogP contribution in [-0.2, 0) is 9.59 Å². The summed E-state index contributed by atoms with van der Waals surface area (Å²) in [5.74, 6) is -0.0995. The molecule has 0 bridgehead atoms. The second-order valence-electron chi connectivity index (χ2n) is 5.16. The van der Waals surface area contributed by atoms with Gasteiger partial charge in [0.1, 0.15) is 11.1 Å². The third kappa shape index (κ3) is 2.50. The molecule has 0 aliphatic carbocycles. The van der Waals surface area contributed by atoms with Gasteiger partial charge < -0.3 is 10.2 Å². The van der Waals surface area contributed by atoms with Gasteiger partial charge in [0.05, 0.1) is 0 Å². The Morgan fingerprint density at radius 3 is 2.21 bits per heavy atom. The van der Waals surface area contributed by atoms with Crippen LogP contribution >= 0.6 is 11.6 Å². The molecule has 1 atom stereocenters. The molecule has 0 aromatic carbocycles. The predicted molar refractivity (Wildman–Crippen MR) is 76.9 cm³/mol. The van der Waals surface area contributed by atoms with Gasteiger partial charge in [0, 0.05) is 12.1 Å². The van der Waals surface area contributed by atoms with Crippen molar-refractivity contribution in [1.29, 1.82) is 0 Å². The molecule has 0 saturated carbocycles. The Morgan fingerprint density at radius 2 is 1.79 bits per heavy atom. The molecule has 108 valence electrons. The summed E-state index contributed by atoms with van der Waals surface area (Å²) in [4.78, 5) is 26.9. The summed E-state index contributed by atoms with van der Waals surface area (Å²) in [7, 11) is 0. The first-order valence-electron chi connectivity index (χ1n) is 6.81. The Labute approximate surface area is 120 Å². The Bertz CT molecular complexity index is 391. The van der Waals surface area contributed by atoms with Crippen molar-refractivity contribution in [2.75, 3.05) is 6.54 Å². The van der Waals surface area contributed by atoms with Crippen molar-refractivity contribution in [3.05, 3.63) is 11.6 Å². The van der Waals surface area contributed by atoms with Gasteiger partial charge in [0.2, 0.25) is 11.8 Å². The van der Waals surface area contributed by atoms with Crippen LogP contribution in [0.15, 0.2) is 11.6 Å². The summed E-state index contributed by atoms with van der Waals surface area (Å²) >= 11 is 5.57. The van der Waals surface area contributed by atoms with Crippen LogP contribution in [-0.4, -0.2) is 34.3 Å². The zero-order chi connectivity index (χ0) is 14.7. The van der Waals surface area contributed by atoms with E-state index >= 15 is 0 Å². The number of carbonyl (C=O) groups excluding carboxylic acids is 2. The van der Waals surface area contributed by atoms with Crippen molar-refractivity contribution in [2.24, 2.45) is 0 Å². The molecule has 0 aromatic heterocycles. The van der Waals surface area contributed by atoms with Gasteiger partial charge in [-0.3, -0.25) is 9.59 Å². The molecule has 1 unspecified atom stereocenters. The van der Waals surface area contributed by atoms with Crippen LogP contribution in [0.3, 0.4) is 0 Å². The lowest BCUT2D eigenvalue weighted by Crippen LogP contribution is -2.74. The van der Waals surface area contributed by atoms with E-state index in [4.69, 9.17) is 11.6 Å². The van der Waals surface area contributed by atoms with Crippen LogP contribution in [0.4, 0.5) is 0 Å². The summed E-state index contributed by atoms with van der Waals surface area (Å²) in [6.45, 7) is 7.91. The molecule has 0 radical (unpaired) electrons. The van der Waals surface area contributed by atoms with Crippen LogP contribution < -0.4 is 5.32 Å². The molecular weight excluding hydrogens is 264 g/mol. The van der Waals surface area contributed by atoms with Gasteiger partial charge in [0.25, 0.3) is 0 Å². The largest absolute Gasteiger partial charge is 0.340 e. The van der Waals surface area contributed by atoms with E-state index in [2.05, 4.69) is 5.32 Å². The maximum absolute atomic E-state index is 12.7. The van der Waals surface area contributed by atoms with Gasteiger partial charge in [-0.15, -0.1) is 0 Å². The Hall–Kier alpha value is -1.03. The number of amides is 2. The van der Waals surface area contributed by atoms with E-state index in [1.807, 2.05) is 20.8 Å². The monoisotopic (exact) mass is 286 g/mol. The van der Waals surface area contributed by atoms with E-state index in [1.54, 1.807) is 17.9 Å². The van der Waals surface area contributed by atoms with E-state index < -0.39 is 11.1 Å². The second-order valence-corrected chi connectivity index (χ2v) is 5.41. The fourth-order valence-electron chi connectivity index (χ4n) is 2.63. The fourth-order valence-corrected chi connectivity index (χ4v) is 2.71. The molecule has 4 nitrogen and oxygen atoms in total. The van der Waals surface area contributed by atoms with Gasteiger partial charge in [-0.05, 0) is 26.2 Å². The highest BCUT2D eigenvalue weighted by molar-refractivity contribution is 6.25. The van der Waals surface area contributed by atoms with Crippen molar-refractivity contribution in [1.82, 2.24) is 10.2 Å². The average molecular weight is 287 g/mol. The molecular formula is C14H23ClN2O2. The van der Waals surface area contributed by atoms with Crippen LogP contribution in [0, 0.1) is 0 Å². The van der Waals surface area contributed by atoms with Crippen LogP contribution in [0.2, 0.25) is 0 Å². The number of hydrogen-bond acceptors (Lipinski definition) is 2. The third-order valence-corrected chi connectivity index (χ3v) is 4.48. The number of hydrogen-bond donors (Lipinski definition) is 1. The molecule has 2 amide bonds. The smallest absolute Gasteiger partial charge is 0.249 e. The van der Waals surface area contributed by atoms with E-state index in [9.17, 15) is 9.59 Å². The molecule has 0 aromatic rings. The zero-order valence-electron chi connectivity index (χ0n) is 12.1. The molecule has 1 aliphatic heterocycles. The lowest BCUT2D eigenvalue weighted by molar-refractivity contribution is -0.162. The molecule has 0 spiro atoms. The quantitative estimate of drug-likeness (QED) is 0.844. The maximum atomic E-state index is 12.7. The summed E-state index contributed by atoms with van der Waals surface area (Å²) in [5, 5.41) is 2.90. The fraction of sp³-hybridized carbons (Fsp3) is 0.714. The van der Waals surface area contributed by atoms with Crippen LogP contribution in [0.1, 0.15) is 47.0 Å². The highest BCUT2D eigenvalue weighted by Gasteiger charge is 2.53. The summed E-state index contributed by atoms with van der Waals surface area (Å²) < 4.78 is 0. The number of nitrogens with zero attached hydrogens (tertiary/aromatic N) is 1. The van der Waals surface area contributed by atoms with Crippen molar-refractivity contribution < 1.29 is 9.59 Å². The average Bonchev–Trinajstić information content (AvgIpc) is 2.41. The number of carbonyl (C=O) groups is 2. The molecule has 5 heteroatoms. The summed E-state index contributed by atoms with van der Waals surface area (Å²) in [6.07, 6.45) is 3.46. The van der Waals surface area contributed by atoms with Crippen LogP contribution in [0.25, 0.3) is 0 Å². The summed E-state index contributed by atoms with van der Waals surface area (Å²) in [6, 6.07) is 0. The number of rotatable bonds is 5. The van der Waals surface area contributed by atoms with Crippen molar-refractivity contribution in [2.45, 2.75) is 58.0 Å². The Balaban J connectivity index is 3.25. The zero-order valence-corrected chi connectivity index (χ0v) is 12.9. The van der Waals surface area contributed by atoms with E-state index in [1.165, 1.54) is 5.54 Å². The normalized spacial score (nSPS) is 26.9. The maximum Gasteiger partial charge on any atom is 0.249 e. The lowest BCUT2D eigenvalue weighted by atomic mass is 9.81. The molecule has 1 rings (SSSR count). The van der Waals surface area contributed by atoms with Gasteiger partial charge in [-0.25, -0.2) is 0 Å². The van der Waals surface area contributed by atoms with E-state index in [0.29, 0.717) is 25.8 Å². The van der Waals surface area contributed by atoms with Crippen molar-refractivity contribution in [3.63, 3.8) is 0 Å². The topological polar surface area (TPSA) is 49.4 Å². The minimum absolute atomic E-state index is 0.0342. The van der Waals surface area contributed by atoms with E-state index in [0.717, 1.165) is 0 Å². The second kappa shape index (κ2) is 5.95.